The Hall–Kier alpha value is -1.61. The van der Waals surface area contributed by atoms with Crippen molar-refractivity contribution in [3.63, 3.8) is 0 Å². The molecular formula is C13H19NO2. The van der Waals surface area contributed by atoms with E-state index in [0.717, 1.165) is 0 Å². The summed E-state index contributed by atoms with van der Waals surface area (Å²) < 4.78 is 4.26. The van der Waals surface area contributed by atoms with Crippen molar-refractivity contribution >= 4 is 5.97 Å². The summed E-state index contributed by atoms with van der Waals surface area (Å²) in [6.07, 6.45) is 2.99. The Kier molecular flexibility index (Phi) is 7.81. The molecule has 0 saturated heterocycles. The highest BCUT2D eigenvalue weighted by atomic mass is 16.5. The third-order valence-electron chi connectivity index (χ3n) is 1.82. The van der Waals surface area contributed by atoms with Gasteiger partial charge in [-0.1, -0.05) is 35.9 Å². The smallest absolute Gasteiger partial charge is 0.330 e. The Bertz CT molecular complexity index is 346. The fourth-order valence-corrected chi connectivity index (χ4v) is 1.04. The zero-order valence-electron chi connectivity index (χ0n) is 10.1. The number of esters is 1. The number of hydrogen-bond donors (Lipinski definition) is 1. The minimum Gasteiger partial charge on any atom is -0.466 e. The standard InChI is InChI=1S/C8H11N.C5H8O2/c1-7-3-2-4-8(5-7)6-9;1-3-4-5(6)7-2/h2-5H,6,9H2,1H3;3-4H,1-2H3/b;4-3+. The Morgan fingerprint density at radius 3 is 2.50 bits per heavy atom. The summed E-state index contributed by atoms with van der Waals surface area (Å²) in [7, 11) is 1.35. The molecule has 16 heavy (non-hydrogen) atoms. The van der Waals surface area contributed by atoms with Gasteiger partial charge in [0.1, 0.15) is 0 Å². The molecule has 0 fully saturated rings. The van der Waals surface area contributed by atoms with Crippen LogP contribution in [-0.4, -0.2) is 13.1 Å². The SMILES string of the molecule is C/C=C/C(=O)OC.Cc1cccc(CN)c1. The third kappa shape index (κ3) is 6.79. The lowest BCUT2D eigenvalue weighted by Crippen LogP contribution is -1.95. The zero-order chi connectivity index (χ0) is 12.4. The van der Waals surface area contributed by atoms with Gasteiger partial charge in [-0.2, -0.15) is 0 Å². The summed E-state index contributed by atoms with van der Waals surface area (Å²) in [6.45, 7) is 4.47. The maximum atomic E-state index is 10.1. The van der Waals surface area contributed by atoms with Crippen LogP contribution in [0, 0.1) is 6.92 Å². The number of carbonyl (C=O) groups is 1. The minimum atomic E-state index is -0.303. The normalized spacial score (nSPS) is 9.50. The molecule has 1 aromatic rings. The van der Waals surface area contributed by atoms with Gasteiger partial charge < -0.3 is 10.5 Å². The number of nitrogens with two attached hydrogens (primary N) is 1. The molecule has 1 rings (SSSR count). The monoisotopic (exact) mass is 221 g/mol. The maximum Gasteiger partial charge on any atom is 0.330 e. The van der Waals surface area contributed by atoms with Crippen LogP contribution in [0.15, 0.2) is 36.4 Å². The molecule has 0 aromatic heterocycles. The van der Waals surface area contributed by atoms with Crippen LogP contribution in [0.3, 0.4) is 0 Å². The van der Waals surface area contributed by atoms with E-state index in [2.05, 4.69) is 23.8 Å². The van der Waals surface area contributed by atoms with E-state index in [1.807, 2.05) is 12.1 Å². The molecule has 0 aliphatic heterocycles. The number of methoxy groups -OCH3 is 1. The topological polar surface area (TPSA) is 52.3 Å². The van der Waals surface area contributed by atoms with Gasteiger partial charge in [0.15, 0.2) is 0 Å². The highest BCUT2D eigenvalue weighted by Crippen LogP contribution is 2.01. The fraction of sp³-hybridized carbons (Fsp3) is 0.308. The highest BCUT2D eigenvalue weighted by molar-refractivity contribution is 5.81. The van der Waals surface area contributed by atoms with Crippen molar-refractivity contribution in [1.29, 1.82) is 0 Å². The number of hydrogen-bond acceptors (Lipinski definition) is 3. The molecule has 2 N–H and O–H groups in total. The number of allylic oxidation sites excluding steroid dienone is 1. The van der Waals surface area contributed by atoms with Crippen LogP contribution >= 0.6 is 0 Å². The van der Waals surface area contributed by atoms with Gasteiger partial charge in [0.05, 0.1) is 7.11 Å². The molecule has 0 amide bonds. The van der Waals surface area contributed by atoms with E-state index in [-0.39, 0.29) is 5.97 Å². The van der Waals surface area contributed by atoms with Crippen LogP contribution in [0.25, 0.3) is 0 Å². The molecule has 0 atom stereocenters. The van der Waals surface area contributed by atoms with Gasteiger partial charge in [-0.15, -0.1) is 0 Å². The molecule has 0 heterocycles. The molecular weight excluding hydrogens is 202 g/mol. The summed E-state index contributed by atoms with van der Waals surface area (Å²) in [5.74, 6) is -0.303. The van der Waals surface area contributed by atoms with Gasteiger partial charge in [-0.25, -0.2) is 4.79 Å². The Balaban J connectivity index is 0.000000293. The van der Waals surface area contributed by atoms with Gasteiger partial charge in [-0.3, -0.25) is 0 Å². The first-order chi connectivity index (χ1) is 7.63. The van der Waals surface area contributed by atoms with Gasteiger partial charge in [0, 0.05) is 12.6 Å². The van der Waals surface area contributed by atoms with Gasteiger partial charge in [0.2, 0.25) is 0 Å². The third-order valence-corrected chi connectivity index (χ3v) is 1.82. The van der Waals surface area contributed by atoms with E-state index in [0.29, 0.717) is 6.54 Å². The first kappa shape index (κ1) is 14.4. The summed E-state index contributed by atoms with van der Waals surface area (Å²) in [5.41, 5.74) is 7.90. The molecule has 3 heteroatoms. The van der Waals surface area contributed by atoms with Crippen molar-refractivity contribution < 1.29 is 9.53 Å². The summed E-state index contributed by atoms with van der Waals surface area (Å²) in [5, 5.41) is 0. The molecule has 0 aliphatic rings. The quantitative estimate of drug-likeness (QED) is 0.615. The zero-order valence-corrected chi connectivity index (χ0v) is 10.1. The Morgan fingerprint density at radius 2 is 2.19 bits per heavy atom. The van der Waals surface area contributed by atoms with Gasteiger partial charge in [0.25, 0.3) is 0 Å². The molecule has 0 bridgehead atoms. The predicted molar refractivity (Wildman–Crippen MR) is 65.9 cm³/mol. The predicted octanol–water partition coefficient (Wildman–Crippen LogP) is 2.19. The molecule has 88 valence electrons. The van der Waals surface area contributed by atoms with Crippen molar-refractivity contribution in [3.8, 4) is 0 Å². The summed E-state index contributed by atoms with van der Waals surface area (Å²) in [4.78, 5) is 10.1. The van der Waals surface area contributed by atoms with Crippen molar-refractivity contribution in [2.75, 3.05) is 7.11 Å². The minimum absolute atomic E-state index is 0.303. The van der Waals surface area contributed by atoms with Crippen molar-refractivity contribution in [1.82, 2.24) is 0 Å². The molecule has 1 aromatic carbocycles. The van der Waals surface area contributed by atoms with Crippen LogP contribution in [0.1, 0.15) is 18.1 Å². The maximum absolute atomic E-state index is 10.1. The van der Waals surface area contributed by atoms with E-state index in [4.69, 9.17) is 5.73 Å². The van der Waals surface area contributed by atoms with Gasteiger partial charge in [-0.05, 0) is 19.4 Å². The summed E-state index contributed by atoms with van der Waals surface area (Å²) in [6, 6.07) is 8.23. The lowest BCUT2D eigenvalue weighted by Gasteiger charge is -1.95. The molecule has 0 saturated carbocycles. The summed E-state index contributed by atoms with van der Waals surface area (Å²) >= 11 is 0. The highest BCUT2D eigenvalue weighted by Gasteiger charge is 1.86. The fourth-order valence-electron chi connectivity index (χ4n) is 1.04. The van der Waals surface area contributed by atoms with E-state index in [1.165, 1.54) is 24.3 Å². The second-order valence-electron chi connectivity index (χ2n) is 3.22. The molecule has 0 unspecified atom stereocenters. The van der Waals surface area contributed by atoms with E-state index >= 15 is 0 Å². The van der Waals surface area contributed by atoms with Crippen LogP contribution in [0.5, 0.6) is 0 Å². The number of rotatable bonds is 2. The lowest BCUT2D eigenvalue weighted by molar-refractivity contribution is -0.134. The molecule has 0 aliphatic carbocycles. The van der Waals surface area contributed by atoms with E-state index in [1.54, 1.807) is 13.0 Å². The molecule has 3 nitrogen and oxygen atoms in total. The number of carbonyl (C=O) groups excluding carboxylic acids is 1. The van der Waals surface area contributed by atoms with Crippen LogP contribution in [0.2, 0.25) is 0 Å². The second-order valence-corrected chi connectivity index (χ2v) is 3.22. The van der Waals surface area contributed by atoms with E-state index < -0.39 is 0 Å². The molecule has 0 radical (unpaired) electrons. The molecule has 0 spiro atoms. The first-order valence-electron chi connectivity index (χ1n) is 5.10. The van der Waals surface area contributed by atoms with Crippen LogP contribution in [0.4, 0.5) is 0 Å². The average molecular weight is 221 g/mol. The Labute approximate surface area is 96.9 Å². The lowest BCUT2D eigenvalue weighted by atomic mass is 10.1. The second kappa shape index (κ2) is 8.68. The van der Waals surface area contributed by atoms with Crippen LogP contribution in [-0.2, 0) is 16.1 Å². The number of aryl methyl sites for hydroxylation is 1. The van der Waals surface area contributed by atoms with Crippen LogP contribution < -0.4 is 5.73 Å². The van der Waals surface area contributed by atoms with Crippen molar-refractivity contribution in [3.05, 3.63) is 47.5 Å². The number of benzene rings is 1. The number of ether oxygens (including phenoxy) is 1. The first-order valence-corrected chi connectivity index (χ1v) is 5.10. The van der Waals surface area contributed by atoms with Crippen molar-refractivity contribution in [2.24, 2.45) is 5.73 Å². The van der Waals surface area contributed by atoms with Gasteiger partial charge >= 0.3 is 5.97 Å². The van der Waals surface area contributed by atoms with Crippen molar-refractivity contribution in [2.45, 2.75) is 20.4 Å². The Morgan fingerprint density at radius 1 is 1.50 bits per heavy atom. The average Bonchev–Trinajstić information content (AvgIpc) is 2.30. The van der Waals surface area contributed by atoms with E-state index in [9.17, 15) is 4.79 Å². The largest absolute Gasteiger partial charge is 0.466 e.